The van der Waals surface area contributed by atoms with Crippen LogP contribution < -0.4 is 11.1 Å². The lowest BCUT2D eigenvalue weighted by molar-refractivity contribution is -0.112. The van der Waals surface area contributed by atoms with Gasteiger partial charge >= 0.3 is 0 Å². The Hall–Kier alpha value is -4.30. The van der Waals surface area contributed by atoms with Gasteiger partial charge in [-0.1, -0.05) is 43.0 Å². The average Bonchev–Trinajstić information content (AvgIpc) is 3.43. The molecule has 0 atom stereocenters. The average molecular weight is 481 g/mol. The molecule has 0 aliphatic heterocycles. The third-order valence-corrected chi connectivity index (χ3v) is 6.98. The van der Waals surface area contributed by atoms with Crippen LogP contribution in [-0.2, 0) is 11.8 Å². The van der Waals surface area contributed by atoms with Crippen molar-refractivity contribution in [1.29, 1.82) is 0 Å². The minimum Gasteiger partial charge on any atom is -0.383 e. The predicted octanol–water partition coefficient (Wildman–Crippen LogP) is 5.83. The van der Waals surface area contributed by atoms with Crippen molar-refractivity contribution in [2.75, 3.05) is 11.1 Å². The molecule has 8 heteroatoms. The molecule has 35 heavy (non-hydrogen) atoms. The lowest BCUT2D eigenvalue weighted by Crippen LogP contribution is -2.11. The topological polar surface area (TPSA) is 98.7 Å². The molecule has 0 bridgehead atoms. The number of amides is 1. The number of anilines is 2. The first-order valence-corrected chi connectivity index (χ1v) is 11.8. The van der Waals surface area contributed by atoms with Crippen molar-refractivity contribution < 1.29 is 4.79 Å². The molecule has 0 spiro atoms. The Bertz CT molecular complexity index is 1600. The molecule has 0 unspecified atom stereocenters. The van der Waals surface area contributed by atoms with E-state index in [1.54, 1.807) is 18.3 Å². The Balaban J connectivity index is 1.67. The van der Waals surface area contributed by atoms with Gasteiger partial charge < -0.3 is 15.6 Å². The highest BCUT2D eigenvalue weighted by Crippen LogP contribution is 2.45. The molecule has 5 aromatic rings. The van der Waals surface area contributed by atoms with E-state index in [1.165, 1.54) is 11.9 Å². The first-order chi connectivity index (χ1) is 16.8. The molecule has 174 valence electrons. The second-order valence-corrected chi connectivity index (χ2v) is 9.43. The fourth-order valence-corrected chi connectivity index (χ4v) is 5.19. The summed E-state index contributed by atoms with van der Waals surface area (Å²) in [5, 5.41) is 4.58. The van der Waals surface area contributed by atoms with Crippen molar-refractivity contribution in [3.05, 3.63) is 78.8 Å². The zero-order chi connectivity index (χ0) is 24.7. The number of aromatic nitrogens is 4. The molecule has 3 N–H and O–H groups in total. The highest BCUT2D eigenvalue weighted by atomic mass is 32.1. The van der Waals surface area contributed by atoms with E-state index in [-0.39, 0.29) is 5.91 Å². The Morgan fingerprint density at radius 1 is 1.09 bits per heavy atom. The summed E-state index contributed by atoms with van der Waals surface area (Å²) in [7, 11) is 1.97. The van der Waals surface area contributed by atoms with Gasteiger partial charge in [0, 0.05) is 35.6 Å². The molecular weight excluding hydrogens is 456 g/mol. The lowest BCUT2D eigenvalue weighted by atomic mass is 10.0. The maximum atomic E-state index is 12.0. The third-order valence-electron chi connectivity index (χ3n) is 5.93. The molecule has 2 aromatic carbocycles. The van der Waals surface area contributed by atoms with E-state index in [0.717, 1.165) is 43.3 Å². The van der Waals surface area contributed by atoms with Crippen LogP contribution in [0.25, 0.3) is 43.3 Å². The molecule has 3 aromatic heterocycles. The molecule has 0 fully saturated rings. The molecule has 7 nitrogen and oxygen atoms in total. The highest BCUT2D eigenvalue weighted by molar-refractivity contribution is 7.18. The standard InChI is InChI=1S/C27H24N6OS/c1-15(2)26(34)32-18-11-9-17(10-12-18)23-21(22-24(28)30-14-31-25(22)33(23)4)20-13-29-27(35-20)19-8-6-5-7-16(19)3/h5-14H,1H2,2-4H3,(H,32,34)(H2,28,30,31). The van der Waals surface area contributed by atoms with Gasteiger partial charge in [0.25, 0.3) is 5.91 Å². The number of nitrogens with one attached hydrogen (secondary N) is 1. The molecule has 0 aliphatic carbocycles. The number of hydrogen-bond acceptors (Lipinski definition) is 6. The van der Waals surface area contributed by atoms with Crippen LogP contribution in [0.5, 0.6) is 0 Å². The summed E-state index contributed by atoms with van der Waals surface area (Å²) in [5.74, 6) is 0.211. The van der Waals surface area contributed by atoms with Gasteiger partial charge in [0.2, 0.25) is 0 Å². The van der Waals surface area contributed by atoms with Crippen LogP contribution in [0.3, 0.4) is 0 Å². The summed E-state index contributed by atoms with van der Waals surface area (Å²) >= 11 is 1.61. The second-order valence-electron chi connectivity index (χ2n) is 8.40. The van der Waals surface area contributed by atoms with Crippen molar-refractivity contribution in [3.8, 4) is 32.3 Å². The quantitative estimate of drug-likeness (QED) is 0.308. The number of carbonyl (C=O) groups excluding carboxylic acids is 1. The number of rotatable bonds is 5. The van der Waals surface area contributed by atoms with Crippen LogP contribution in [0.15, 0.2) is 73.2 Å². The number of thiazole rings is 1. The SMILES string of the molecule is C=C(C)C(=O)Nc1ccc(-c2c(-c3cnc(-c4ccccc4C)s3)c3c(N)ncnc3n2C)cc1. The Morgan fingerprint density at radius 2 is 1.83 bits per heavy atom. The van der Waals surface area contributed by atoms with Gasteiger partial charge in [-0.05, 0) is 37.1 Å². The first kappa shape index (κ1) is 22.5. The van der Waals surface area contributed by atoms with Crippen LogP contribution in [0, 0.1) is 6.92 Å². The summed E-state index contributed by atoms with van der Waals surface area (Å²) < 4.78 is 2.03. The van der Waals surface area contributed by atoms with E-state index < -0.39 is 0 Å². The van der Waals surface area contributed by atoms with E-state index >= 15 is 0 Å². The van der Waals surface area contributed by atoms with Crippen LogP contribution in [0.2, 0.25) is 0 Å². The molecule has 3 heterocycles. The van der Waals surface area contributed by atoms with Gasteiger partial charge in [-0.25, -0.2) is 15.0 Å². The maximum absolute atomic E-state index is 12.0. The molecule has 0 saturated carbocycles. The lowest BCUT2D eigenvalue weighted by Gasteiger charge is -2.09. The van der Waals surface area contributed by atoms with Crippen LogP contribution in [0.4, 0.5) is 11.5 Å². The van der Waals surface area contributed by atoms with Crippen molar-refractivity contribution >= 4 is 39.8 Å². The van der Waals surface area contributed by atoms with Crippen molar-refractivity contribution in [1.82, 2.24) is 19.5 Å². The predicted molar refractivity (Wildman–Crippen MR) is 143 cm³/mol. The van der Waals surface area contributed by atoms with Gasteiger partial charge in [-0.15, -0.1) is 11.3 Å². The second kappa shape index (κ2) is 8.81. The molecular formula is C27H24N6OS. The summed E-state index contributed by atoms with van der Waals surface area (Å²) in [6.07, 6.45) is 3.37. The maximum Gasteiger partial charge on any atom is 0.250 e. The molecule has 5 rings (SSSR count). The number of aryl methyl sites for hydroxylation is 2. The molecule has 0 aliphatic rings. The minimum atomic E-state index is -0.209. The molecule has 1 amide bonds. The number of fused-ring (bicyclic) bond motifs is 1. The summed E-state index contributed by atoms with van der Waals surface area (Å²) in [6.45, 7) is 7.45. The number of benzene rings is 2. The first-order valence-electron chi connectivity index (χ1n) is 11.0. The zero-order valence-corrected chi connectivity index (χ0v) is 20.5. The molecule has 0 saturated heterocycles. The number of nitrogens with zero attached hydrogens (tertiary/aromatic N) is 4. The Kier molecular flexibility index (Phi) is 5.66. The van der Waals surface area contributed by atoms with Gasteiger partial charge in [-0.2, -0.15) is 0 Å². The van der Waals surface area contributed by atoms with Crippen molar-refractivity contribution in [2.45, 2.75) is 13.8 Å². The van der Waals surface area contributed by atoms with Crippen LogP contribution >= 0.6 is 11.3 Å². The van der Waals surface area contributed by atoms with E-state index in [4.69, 9.17) is 10.7 Å². The Morgan fingerprint density at radius 3 is 2.54 bits per heavy atom. The van der Waals surface area contributed by atoms with Gasteiger partial charge in [-0.3, -0.25) is 4.79 Å². The number of carbonyl (C=O) groups is 1. The highest BCUT2D eigenvalue weighted by Gasteiger charge is 2.23. The largest absolute Gasteiger partial charge is 0.383 e. The van der Waals surface area contributed by atoms with E-state index in [2.05, 4.69) is 40.9 Å². The normalized spacial score (nSPS) is 11.1. The summed E-state index contributed by atoms with van der Waals surface area (Å²) in [5.41, 5.74) is 13.4. The Labute approximate surface area is 207 Å². The summed E-state index contributed by atoms with van der Waals surface area (Å²) in [6, 6.07) is 15.9. The zero-order valence-electron chi connectivity index (χ0n) is 19.7. The van der Waals surface area contributed by atoms with E-state index in [9.17, 15) is 4.79 Å². The number of nitrogens with two attached hydrogens (primary N) is 1. The van der Waals surface area contributed by atoms with Gasteiger partial charge in [0.1, 0.15) is 22.8 Å². The number of nitrogen functional groups attached to an aromatic ring is 1. The monoisotopic (exact) mass is 480 g/mol. The fourth-order valence-electron chi connectivity index (χ4n) is 4.13. The van der Waals surface area contributed by atoms with Gasteiger partial charge in [0.05, 0.1) is 16.0 Å². The van der Waals surface area contributed by atoms with E-state index in [0.29, 0.717) is 17.1 Å². The summed E-state index contributed by atoms with van der Waals surface area (Å²) in [4.78, 5) is 26.5. The fraction of sp³-hybridized carbons (Fsp3) is 0.111. The van der Waals surface area contributed by atoms with Crippen molar-refractivity contribution in [2.24, 2.45) is 7.05 Å². The van der Waals surface area contributed by atoms with E-state index in [1.807, 2.05) is 54.2 Å². The molecule has 0 radical (unpaired) electrons. The van der Waals surface area contributed by atoms with Crippen molar-refractivity contribution in [3.63, 3.8) is 0 Å². The van der Waals surface area contributed by atoms with Crippen LogP contribution in [-0.4, -0.2) is 25.4 Å². The van der Waals surface area contributed by atoms with Gasteiger partial charge in [0.15, 0.2) is 0 Å². The number of hydrogen-bond donors (Lipinski definition) is 2. The third kappa shape index (κ3) is 3.98. The van der Waals surface area contributed by atoms with Crippen LogP contribution in [0.1, 0.15) is 12.5 Å². The minimum absolute atomic E-state index is 0.209. The smallest absolute Gasteiger partial charge is 0.250 e.